The number of carboxylic acid groups (broad SMARTS) is 1. The molecule has 0 radical (unpaired) electrons. The third-order valence-electron chi connectivity index (χ3n) is 2.69. The first-order chi connectivity index (χ1) is 9.95. The maximum atomic E-state index is 11.7. The largest absolute Gasteiger partial charge is 0.506 e. The number of hydrogen-bond donors (Lipinski definition) is 4. The highest BCUT2D eigenvalue weighted by atomic mass is 16.4. The molecule has 0 unspecified atom stereocenters. The molecule has 21 heavy (non-hydrogen) atoms. The molecule has 110 valence electrons. The number of phenols is 1. The third kappa shape index (κ3) is 3.72. The summed E-state index contributed by atoms with van der Waals surface area (Å²) in [5, 5.41) is 27.5. The van der Waals surface area contributed by atoms with E-state index < -0.39 is 12.0 Å². The zero-order valence-electron chi connectivity index (χ0n) is 11.2. The Morgan fingerprint density at radius 2 is 2.10 bits per heavy atom. The van der Waals surface area contributed by atoms with Crippen molar-refractivity contribution in [2.45, 2.75) is 6.54 Å². The number of urea groups is 1. The predicted octanol–water partition coefficient (Wildman–Crippen LogP) is 1.15. The summed E-state index contributed by atoms with van der Waals surface area (Å²) in [7, 11) is 1.77. The topological polar surface area (TPSA) is 116 Å². The van der Waals surface area contributed by atoms with Crippen molar-refractivity contribution >= 4 is 17.7 Å². The summed E-state index contributed by atoms with van der Waals surface area (Å²) < 4.78 is 1.62. The number of phenolic OH excluding ortho intramolecular Hbond substituents is 1. The van der Waals surface area contributed by atoms with Gasteiger partial charge in [0.1, 0.15) is 5.75 Å². The van der Waals surface area contributed by atoms with Crippen LogP contribution in [0.5, 0.6) is 5.75 Å². The van der Waals surface area contributed by atoms with Gasteiger partial charge in [0, 0.05) is 13.2 Å². The highest BCUT2D eigenvalue weighted by Gasteiger charge is 2.10. The lowest BCUT2D eigenvalue weighted by molar-refractivity contribution is 0.0696. The summed E-state index contributed by atoms with van der Waals surface area (Å²) in [5.74, 6) is -1.47. The summed E-state index contributed by atoms with van der Waals surface area (Å²) in [6.45, 7) is 0.237. The molecular weight excluding hydrogens is 276 g/mol. The molecule has 0 atom stereocenters. The van der Waals surface area contributed by atoms with Crippen molar-refractivity contribution in [3.63, 3.8) is 0 Å². The number of carbonyl (C=O) groups is 2. The molecular formula is C13H14N4O4. The lowest BCUT2D eigenvalue weighted by Gasteiger charge is -2.08. The van der Waals surface area contributed by atoms with Crippen molar-refractivity contribution in [3.8, 4) is 5.75 Å². The molecule has 0 bridgehead atoms. The van der Waals surface area contributed by atoms with E-state index in [1.165, 1.54) is 12.1 Å². The molecule has 0 aliphatic heterocycles. The molecule has 0 fully saturated rings. The summed E-state index contributed by atoms with van der Waals surface area (Å²) in [5.41, 5.74) is 0.753. The Morgan fingerprint density at radius 1 is 1.33 bits per heavy atom. The van der Waals surface area contributed by atoms with Crippen LogP contribution in [0.4, 0.5) is 10.5 Å². The molecule has 1 aromatic heterocycles. The Balaban J connectivity index is 1.94. The zero-order valence-corrected chi connectivity index (χ0v) is 11.2. The number of amides is 2. The minimum absolute atomic E-state index is 0.0630. The number of aryl methyl sites for hydroxylation is 1. The number of aromatic hydroxyl groups is 1. The second kappa shape index (κ2) is 5.95. The van der Waals surface area contributed by atoms with Crippen LogP contribution in [0.15, 0.2) is 30.5 Å². The van der Waals surface area contributed by atoms with Crippen LogP contribution in [0.3, 0.4) is 0 Å². The fourth-order valence-electron chi connectivity index (χ4n) is 1.67. The van der Waals surface area contributed by atoms with E-state index in [-0.39, 0.29) is 23.5 Å². The number of aromatic carboxylic acids is 1. The molecule has 4 N–H and O–H groups in total. The highest BCUT2D eigenvalue weighted by molar-refractivity contribution is 5.93. The number of carbonyl (C=O) groups excluding carboxylic acids is 1. The number of carboxylic acids is 1. The Morgan fingerprint density at radius 3 is 2.67 bits per heavy atom. The van der Waals surface area contributed by atoms with Gasteiger partial charge < -0.3 is 20.8 Å². The second-order valence-corrected chi connectivity index (χ2v) is 4.33. The van der Waals surface area contributed by atoms with Crippen LogP contribution >= 0.6 is 0 Å². The third-order valence-corrected chi connectivity index (χ3v) is 2.69. The van der Waals surface area contributed by atoms with Crippen molar-refractivity contribution < 1.29 is 19.8 Å². The summed E-state index contributed by atoms with van der Waals surface area (Å²) in [6, 6.07) is 4.91. The van der Waals surface area contributed by atoms with E-state index in [4.69, 9.17) is 5.11 Å². The van der Waals surface area contributed by atoms with Gasteiger partial charge in [-0.05, 0) is 24.3 Å². The van der Waals surface area contributed by atoms with Crippen LogP contribution < -0.4 is 10.6 Å². The standard InChI is InChI=1S/C13H14N4O4/c1-17-5-4-9(16-17)7-14-13(21)15-10-3-2-8(12(19)20)6-11(10)18/h2-6,18H,7H2,1H3,(H,19,20)(H2,14,15,21). The van der Waals surface area contributed by atoms with E-state index in [9.17, 15) is 14.7 Å². The molecule has 1 aromatic carbocycles. The van der Waals surface area contributed by atoms with E-state index in [0.717, 1.165) is 6.07 Å². The molecule has 0 aliphatic rings. The van der Waals surface area contributed by atoms with Crippen LogP contribution in [0.25, 0.3) is 0 Å². The Labute approximate surface area is 120 Å². The van der Waals surface area contributed by atoms with Gasteiger partial charge in [0.2, 0.25) is 0 Å². The fraction of sp³-hybridized carbons (Fsp3) is 0.154. The van der Waals surface area contributed by atoms with Crippen LogP contribution in [0.2, 0.25) is 0 Å². The van der Waals surface area contributed by atoms with E-state index in [1.54, 1.807) is 24.0 Å². The SMILES string of the molecule is Cn1ccc(CNC(=O)Nc2ccc(C(=O)O)cc2O)n1. The molecule has 0 saturated heterocycles. The van der Waals surface area contributed by atoms with Crippen molar-refractivity contribution in [3.05, 3.63) is 41.7 Å². The number of benzene rings is 1. The summed E-state index contributed by atoms with van der Waals surface area (Å²) in [4.78, 5) is 22.4. The first-order valence-electron chi connectivity index (χ1n) is 6.05. The first-order valence-corrected chi connectivity index (χ1v) is 6.05. The van der Waals surface area contributed by atoms with E-state index in [2.05, 4.69) is 15.7 Å². The predicted molar refractivity (Wildman–Crippen MR) is 74.1 cm³/mol. The van der Waals surface area contributed by atoms with Gasteiger partial charge in [0.05, 0.1) is 23.5 Å². The van der Waals surface area contributed by atoms with Gasteiger partial charge in [-0.2, -0.15) is 5.10 Å². The number of anilines is 1. The van der Waals surface area contributed by atoms with Crippen molar-refractivity contribution in [2.75, 3.05) is 5.32 Å². The van der Waals surface area contributed by atoms with E-state index in [1.807, 2.05) is 0 Å². The summed E-state index contributed by atoms with van der Waals surface area (Å²) >= 11 is 0. The van der Waals surface area contributed by atoms with Gasteiger partial charge in [0.25, 0.3) is 0 Å². The van der Waals surface area contributed by atoms with E-state index in [0.29, 0.717) is 5.69 Å². The monoisotopic (exact) mass is 290 g/mol. The lowest BCUT2D eigenvalue weighted by atomic mass is 10.2. The minimum Gasteiger partial charge on any atom is -0.506 e. The summed E-state index contributed by atoms with van der Waals surface area (Å²) in [6.07, 6.45) is 1.76. The molecule has 8 nitrogen and oxygen atoms in total. The van der Waals surface area contributed by atoms with Crippen LogP contribution in [0.1, 0.15) is 16.1 Å². The molecule has 0 spiro atoms. The van der Waals surface area contributed by atoms with Crippen LogP contribution in [-0.4, -0.2) is 32.0 Å². The second-order valence-electron chi connectivity index (χ2n) is 4.33. The maximum absolute atomic E-state index is 11.7. The van der Waals surface area contributed by atoms with Gasteiger partial charge in [-0.15, -0.1) is 0 Å². The Hall–Kier alpha value is -3.03. The smallest absolute Gasteiger partial charge is 0.335 e. The molecule has 8 heteroatoms. The fourth-order valence-corrected chi connectivity index (χ4v) is 1.67. The number of nitrogens with zero attached hydrogens (tertiary/aromatic N) is 2. The van der Waals surface area contributed by atoms with Crippen LogP contribution in [0, 0.1) is 0 Å². The Bertz CT molecular complexity index is 681. The maximum Gasteiger partial charge on any atom is 0.335 e. The van der Waals surface area contributed by atoms with E-state index >= 15 is 0 Å². The molecule has 1 heterocycles. The minimum atomic E-state index is -1.16. The van der Waals surface area contributed by atoms with Gasteiger partial charge in [0.15, 0.2) is 0 Å². The van der Waals surface area contributed by atoms with Crippen LogP contribution in [-0.2, 0) is 13.6 Å². The van der Waals surface area contributed by atoms with Crippen molar-refractivity contribution in [2.24, 2.45) is 7.05 Å². The average molecular weight is 290 g/mol. The number of rotatable bonds is 4. The number of hydrogen-bond acceptors (Lipinski definition) is 4. The zero-order chi connectivity index (χ0) is 15.4. The Kier molecular flexibility index (Phi) is 4.07. The quantitative estimate of drug-likeness (QED) is 0.630. The number of aromatic nitrogens is 2. The number of nitrogens with one attached hydrogen (secondary N) is 2. The average Bonchev–Trinajstić information content (AvgIpc) is 2.84. The van der Waals surface area contributed by atoms with Gasteiger partial charge in [-0.3, -0.25) is 4.68 Å². The molecule has 2 rings (SSSR count). The normalized spacial score (nSPS) is 10.1. The molecule has 2 aromatic rings. The lowest BCUT2D eigenvalue weighted by Crippen LogP contribution is -2.28. The first kappa shape index (κ1) is 14.4. The van der Waals surface area contributed by atoms with Crippen molar-refractivity contribution in [1.82, 2.24) is 15.1 Å². The van der Waals surface area contributed by atoms with Crippen molar-refractivity contribution in [1.29, 1.82) is 0 Å². The highest BCUT2D eigenvalue weighted by Crippen LogP contribution is 2.24. The van der Waals surface area contributed by atoms with Gasteiger partial charge >= 0.3 is 12.0 Å². The molecule has 0 saturated carbocycles. The van der Waals surface area contributed by atoms with Gasteiger partial charge in [-0.25, -0.2) is 9.59 Å². The molecule has 2 amide bonds. The molecule has 0 aliphatic carbocycles. The van der Waals surface area contributed by atoms with Gasteiger partial charge in [-0.1, -0.05) is 0 Å².